The lowest BCUT2D eigenvalue weighted by Gasteiger charge is -2.35. The first kappa shape index (κ1) is 25.3. The SMILES string of the molecule is CC(C)(C)c1ccc2c(c1)N(S(C)(=O)=O)CC(C(=O)Nc1ccccc1C(=O)NCc1ccco1)O2. The van der Waals surface area contributed by atoms with Crippen LogP contribution in [0.15, 0.2) is 65.3 Å². The Kier molecular flexibility index (Phi) is 6.81. The first-order valence-electron chi connectivity index (χ1n) is 11.4. The molecule has 1 atom stereocenters. The van der Waals surface area contributed by atoms with Gasteiger partial charge in [0.2, 0.25) is 10.0 Å². The van der Waals surface area contributed by atoms with E-state index in [0.29, 0.717) is 17.2 Å². The van der Waals surface area contributed by atoms with E-state index >= 15 is 0 Å². The van der Waals surface area contributed by atoms with E-state index in [2.05, 4.69) is 10.6 Å². The van der Waals surface area contributed by atoms with E-state index in [0.717, 1.165) is 11.8 Å². The van der Waals surface area contributed by atoms with Gasteiger partial charge in [0.05, 0.1) is 42.5 Å². The molecule has 9 nitrogen and oxygen atoms in total. The van der Waals surface area contributed by atoms with Crippen LogP contribution in [0.25, 0.3) is 0 Å². The molecule has 36 heavy (non-hydrogen) atoms. The zero-order valence-corrected chi connectivity index (χ0v) is 21.4. The van der Waals surface area contributed by atoms with Gasteiger partial charge in [0.1, 0.15) is 11.5 Å². The van der Waals surface area contributed by atoms with Crippen LogP contribution in [0.1, 0.15) is 42.5 Å². The maximum atomic E-state index is 13.2. The number of hydrogen-bond acceptors (Lipinski definition) is 6. The third-order valence-electron chi connectivity index (χ3n) is 5.82. The van der Waals surface area contributed by atoms with Crippen LogP contribution in [-0.2, 0) is 26.8 Å². The van der Waals surface area contributed by atoms with Gasteiger partial charge < -0.3 is 19.8 Å². The Morgan fingerprint density at radius 1 is 1.08 bits per heavy atom. The molecular weight excluding hydrogens is 482 g/mol. The van der Waals surface area contributed by atoms with Gasteiger partial charge >= 0.3 is 0 Å². The molecule has 0 spiro atoms. The van der Waals surface area contributed by atoms with Gasteiger partial charge in [-0.05, 0) is 47.4 Å². The van der Waals surface area contributed by atoms with Crippen molar-refractivity contribution in [3.8, 4) is 5.75 Å². The first-order valence-corrected chi connectivity index (χ1v) is 13.3. The van der Waals surface area contributed by atoms with Crippen LogP contribution in [0, 0.1) is 0 Å². The third kappa shape index (κ3) is 5.54. The molecule has 0 saturated heterocycles. The number of ether oxygens (including phenoxy) is 1. The molecule has 2 N–H and O–H groups in total. The van der Waals surface area contributed by atoms with Gasteiger partial charge in [-0.1, -0.05) is 39.0 Å². The number of hydrogen-bond donors (Lipinski definition) is 2. The summed E-state index contributed by atoms with van der Waals surface area (Å²) in [6.45, 7) is 6.08. The summed E-state index contributed by atoms with van der Waals surface area (Å²) in [5.74, 6) is -0.0796. The van der Waals surface area contributed by atoms with E-state index in [9.17, 15) is 18.0 Å². The van der Waals surface area contributed by atoms with E-state index in [1.165, 1.54) is 10.6 Å². The number of carbonyl (C=O) groups is 2. The zero-order chi connectivity index (χ0) is 26.1. The van der Waals surface area contributed by atoms with Gasteiger partial charge in [-0.3, -0.25) is 13.9 Å². The highest BCUT2D eigenvalue weighted by molar-refractivity contribution is 7.92. The Hall–Kier alpha value is -3.79. The maximum Gasteiger partial charge on any atom is 0.267 e. The monoisotopic (exact) mass is 511 g/mol. The molecule has 4 rings (SSSR count). The van der Waals surface area contributed by atoms with Crippen molar-refractivity contribution in [3.05, 3.63) is 77.7 Å². The van der Waals surface area contributed by atoms with Crippen LogP contribution >= 0.6 is 0 Å². The van der Waals surface area contributed by atoms with E-state index in [1.54, 1.807) is 48.5 Å². The molecule has 1 aliphatic heterocycles. The number of sulfonamides is 1. The summed E-state index contributed by atoms with van der Waals surface area (Å²) in [6.07, 6.45) is 1.49. The number of amides is 2. The van der Waals surface area contributed by atoms with Gasteiger partial charge in [-0.2, -0.15) is 0 Å². The number of nitrogens with zero attached hydrogens (tertiary/aromatic N) is 1. The highest BCUT2D eigenvalue weighted by Gasteiger charge is 2.36. The second kappa shape index (κ2) is 9.69. The Labute approximate surface area is 210 Å². The minimum atomic E-state index is -3.69. The van der Waals surface area contributed by atoms with Gasteiger partial charge in [0, 0.05) is 0 Å². The molecule has 3 aromatic rings. The Balaban J connectivity index is 1.55. The molecular formula is C26H29N3O6S. The number of rotatable bonds is 6. The average Bonchev–Trinajstić information content (AvgIpc) is 3.34. The largest absolute Gasteiger partial charge is 0.476 e. The van der Waals surface area contributed by atoms with Crippen LogP contribution in [0.2, 0.25) is 0 Å². The summed E-state index contributed by atoms with van der Waals surface area (Å²) in [4.78, 5) is 25.9. The van der Waals surface area contributed by atoms with Crippen LogP contribution in [0.4, 0.5) is 11.4 Å². The molecule has 190 valence electrons. The fraction of sp³-hybridized carbons (Fsp3) is 0.308. The van der Waals surface area contributed by atoms with Crippen molar-refractivity contribution in [2.75, 3.05) is 22.4 Å². The Morgan fingerprint density at radius 3 is 2.50 bits per heavy atom. The van der Waals surface area contributed by atoms with Crippen molar-refractivity contribution in [2.24, 2.45) is 0 Å². The summed E-state index contributed by atoms with van der Waals surface area (Å²) in [6, 6.07) is 15.3. The molecule has 10 heteroatoms. The minimum absolute atomic E-state index is 0.191. The van der Waals surface area contributed by atoms with Crippen molar-refractivity contribution >= 4 is 33.2 Å². The summed E-state index contributed by atoms with van der Waals surface area (Å²) < 4.78 is 37.6. The fourth-order valence-corrected chi connectivity index (χ4v) is 4.75. The second-order valence-corrected chi connectivity index (χ2v) is 11.5. The Bertz CT molecular complexity index is 1380. The lowest BCUT2D eigenvalue weighted by Crippen LogP contribution is -2.48. The highest BCUT2D eigenvalue weighted by atomic mass is 32.2. The lowest BCUT2D eigenvalue weighted by atomic mass is 9.86. The summed E-state index contributed by atoms with van der Waals surface area (Å²) in [7, 11) is -3.69. The fourth-order valence-electron chi connectivity index (χ4n) is 3.85. The normalized spacial score (nSPS) is 15.6. The minimum Gasteiger partial charge on any atom is -0.476 e. The molecule has 1 unspecified atom stereocenters. The number of nitrogens with one attached hydrogen (secondary N) is 2. The number of para-hydroxylation sites is 1. The third-order valence-corrected chi connectivity index (χ3v) is 6.97. The molecule has 0 bridgehead atoms. The van der Waals surface area contributed by atoms with Crippen molar-refractivity contribution < 1.29 is 27.2 Å². The molecule has 1 aromatic heterocycles. The standard InChI is InChI=1S/C26H29N3O6S/c1-26(2,3)17-11-12-22-21(14-17)29(36(4,32)33)16-23(35-22)25(31)28-20-10-6-5-9-19(20)24(30)27-15-18-8-7-13-34-18/h5-14,23H,15-16H2,1-4H3,(H,27,30)(H,28,31). The average molecular weight is 512 g/mol. The lowest BCUT2D eigenvalue weighted by molar-refractivity contribution is -0.122. The van der Waals surface area contributed by atoms with E-state index in [-0.39, 0.29) is 29.8 Å². The Morgan fingerprint density at radius 2 is 1.83 bits per heavy atom. The molecule has 1 aliphatic rings. The smallest absolute Gasteiger partial charge is 0.267 e. The molecule has 0 aliphatic carbocycles. The summed E-state index contributed by atoms with van der Waals surface area (Å²) in [5, 5.41) is 5.47. The van der Waals surface area contributed by atoms with Crippen molar-refractivity contribution in [1.29, 1.82) is 0 Å². The molecule has 0 fully saturated rings. The summed E-state index contributed by atoms with van der Waals surface area (Å²) >= 11 is 0. The van der Waals surface area contributed by atoms with Gasteiger partial charge in [0.25, 0.3) is 11.8 Å². The molecule has 2 heterocycles. The number of carbonyl (C=O) groups excluding carboxylic acids is 2. The van der Waals surface area contributed by atoms with Crippen LogP contribution in [0.3, 0.4) is 0 Å². The topological polar surface area (TPSA) is 118 Å². The van der Waals surface area contributed by atoms with Gasteiger partial charge in [-0.15, -0.1) is 0 Å². The van der Waals surface area contributed by atoms with Crippen LogP contribution in [-0.4, -0.2) is 39.1 Å². The van der Waals surface area contributed by atoms with Gasteiger partial charge in [0.15, 0.2) is 6.10 Å². The van der Waals surface area contributed by atoms with Crippen LogP contribution < -0.4 is 19.7 Å². The number of benzene rings is 2. The van der Waals surface area contributed by atoms with Crippen LogP contribution in [0.5, 0.6) is 5.75 Å². The highest BCUT2D eigenvalue weighted by Crippen LogP contribution is 2.38. The number of fused-ring (bicyclic) bond motifs is 1. The van der Waals surface area contributed by atoms with E-state index in [1.807, 2.05) is 26.8 Å². The number of furan rings is 1. The predicted octanol–water partition coefficient (Wildman–Crippen LogP) is 3.67. The van der Waals surface area contributed by atoms with E-state index < -0.39 is 27.9 Å². The molecule has 0 radical (unpaired) electrons. The maximum absolute atomic E-state index is 13.2. The second-order valence-electron chi connectivity index (χ2n) is 9.63. The molecule has 2 amide bonds. The molecule has 0 saturated carbocycles. The first-order chi connectivity index (χ1) is 16.9. The summed E-state index contributed by atoms with van der Waals surface area (Å²) in [5.41, 5.74) is 1.67. The predicted molar refractivity (Wildman–Crippen MR) is 137 cm³/mol. The zero-order valence-electron chi connectivity index (χ0n) is 20.6. The van der Waals surface area contributed by atoms with Gasteiger partial charge in [-0.25, -0.2) is 8.42 Å². The number of anilines is 2. The van der Waals surface area contributed by atoms with Crippen molar-refractivity contribution in [2.45, 2.75) is 38.8 Å². The van der Waals surface area contributed by atoms with Crippen molar-refractivity contribution in [1.82, 2.24) is 5.32 Å². The van der Waals surface area contributed by atoms with Crippen molar-refractivity contribution in [3.63, 3.8) is 0 Å². The molecule has 2 aromatic carbocycles. The van der Waals surface area contributed by atoms with E-state index in [4.69, 9.17) is 9.15 Å². The quantitative estimate of drug-likeness (QED) is 0.521.